The van der Waals surface area contributed by atoms with Gasteiger partial charge < -0.3 is 38.8 Å². The predicted octanol–water partition coefficient (Wildman–Crippen LogP) is 6.44. The van der Waals surface area contributed by atoms with Gasteiger partial charge in [0.05, 0.1) is 41.4 Å². The summed E-state index contributed by atoms with van der Waals surface area (Å²) in [6.07, 6.45) is 5.43. The number of aromatic nitrogens is 3. The number of fused-ring (bicyclic) bond motifs is 6. The van der Waals surface area contributed by atoms with Crippen molar-refractivity contribution in [2.24, 2.45) is 11.3 Å². The number of piperidine rings is 1. The molecule has 1 spiro atoms. The van der Waals surface area contributed by atoms with Gasteiger partial charge in [0.15, 0.2) is 0 Å². The Morgan fingerprint density at radius 2 is 1.83 bits per heavy atom. The number of methoxy groups -OCH3 is 1. The Kier molecular flexibility index (Phi) is 15.1. The number of aryl methyl sites for hydroxylation is 1. The van der Waals surface area contributed by atoms with Crippen LogP contribution in [0.1, 0.15) is 97.2 Å². The number of amides is 5. The van der Waals surface area contributed by atoms with E-state index in [4.69, 9.17) is 24.2 Å². The number of urea groups is 1. The SMILES string of the molecule is C=CC(=O)N1COC2(CCN(C(=O)N(C)[C@H](C(=O)N[C@H]3Cc4cccc(n4)-c4ccc5c(c4)c(c(-c4cccnc4[C@H](C)OC)n5CC)CC(C)(C)COC(=O)[C@@H]4CCCN(N4)C3=O)C(C)C)CC2)[C@@H]1C. The predicted molar refractivity (Wildman–Crippen MR) is 269 cm³/mol. The lowest BCUT2D eigenvalue weighted by Crippen LogP contribution is -2.63. The van der Waals surface area contributed by atoms with E-state index >= 15 is 0 Å². The lowest BCUT2D eigenvalue weighted by molar-refractivity contribution is -0.155. The summed E-state index contributed by atoms with van der Waals surface area (Å²) in [6, 6.07) is 12.7. The molecule has 5 atom stereocenters. The number of likely N-dealkylation sites (N-methyl/N-ethyl adjacent to an activating group) is 1. The molecule has 17 nitrogen and oxygen atoms in total. The first kappa shape index (κ1) is 51.2. The maximum Gasteiger partial charge on any atom is 0.324 e. The Bertz CT molecular complexity index is 2670. The summed E-state index contributed by atoms with van der Waals surface area (Å²) in [7, 11) is 3.30. The number of cyclic esters (lactones) is 1. The van der Waals surface area contributed by atoms with Crippen LogP contribution >= 0.6 is 0 Å². The van der Waals surface area contributed by atoms with Crippen molar-refractivity contribution in [2.45, 2.75) is 129 Å². The van der Waals surface area contributed by atoms with E-state index < -0.39 is 46.9 Å². The summed E-state index contributed by atoms with van der Waals surface area (Å²) in [5.41, 5.74) is 9.14. The molecule has 8 rings (SSSR count). The van der Waals surface area contributed by atoms with Crippen molar-refractivity contribution in [3.63, 3.8) is 0 Å². The Balaban J connectivity index is 1.12. The smallest absolute Gasteiger partial charge is 0.324 e. The number of pyridine rings is 2. The zero-order valence-electron chi connectivity index (χ0n) is 42.8. The fourth-order valence-corrected chi connectivity index (χ4v) is 11.1. The zero-order chi connectivity index (χ0) is 50.9. The summed E-state index contributed by atoms with van der Waals surface area (Å²) < 4.78 is 20.5. The number of nitrogens with zero attached hydrogens (tertiary/aromatic N) is 7. The van der Waals surface area contributed by atoms with Gasteiger partial charge in [-0.2, -0.15) is 0 Å². The monoisotopic (exact) mass is 974 g/mol. The second-order valence-electron chi connectivity index (χ2n) is 20.8. The Morgan fingerprint density at radius 3 is 2.54 bits per heavy atom. The molecule has 0 radical (unpaired) electrons. The van der Waals surface area contributed by atoms with E-state index in [1.807, 2.05) is 52.0 Å². The van der Waals surface area contributed by atoms with Crippen molar-refractivity contribution >= 4 is 40.6 Å². The largest absolute Gasteiger partial charge is 0.464 e. The molecule has 3 saturated heterocycles. The second kappa shape index (κ2) is 20.9. The molecule has 380 valence electrons. The third kappa shape index (κ3) is 10.2. The van der Waals surface area contributed by atoms with Crippen LogP contribution in [0.25, 0.3) is 33.4 Å². The van der Waals surface area contributed by atoms with Crippen LogP contribution in [0.3, 0.4) is 0 Å². The summed E-state index contributed by atoms with van der Waals surface area (Å²) in [4.78, 5) is 85.0. The molecule has 5 amide bonds. The molecule has 2 N–H and O–H groups in total. The highest BCUT2D eigenvalue weighted by Gasteiger charge is 2.50. The first-order valence-corrected chi connectivity index (χ1v) is 25.1. The molecular weight excluding hydrogens is 903 g/mol. The van der Waals surface area contributed by atoms with Crippen LogP contribution in [0.5, 0.6) is 0 Å². The van der Waals surface area contributed by atoms with Crippen molar-refractivity contribution in [1.29, 1.82) is 0 Å². The molecular formula is C54H71N9O8. The lowest BCUT2D eigenvalue weighted by Gasteiger charge is -2.43. The van der Waals surface area contributed by atoms with E-state index in [9.17, 15) is 24.0 Å². The maximum absolute atomic E-state index is 14.8. The van der Waals surface area contributed by atoms with Crippen LogP contribution in [-0.4, -0.2) is 141 Å². The number of carbonyl (C=O) groups is 5. The highest BCUT2D eigenvalue weighted by Crippen LogP contribution is 2.42. The number of rotatable bonds is 9. The van der Waals surface area contributed by atoms with Gasteiger partial charge in [-0.15, -0.1) is 0 Å². The van der Waals surface area contributed by atoms with Crippen LogP contribution in [0.15, 0.2) is 67.4 Å². The van der Waals surface area contributed by atoms with Gasteiger partial charge in [0.2, 0.25) is 11.8 Å². The third-order valence-corrected chi connectivity index (χ3v) is 15.1. The lowest BCUT2D eigenvalue weighted by atomic mass is 9.84. The number of hydrogen-bond donors (Lipinski definition) is 2. The number of esters is 1. The standard InChI is InChI=1S/C54H71N9O8/c1-11-45(64)62-32-71-54(35(62)6)22-26-60(27-23-54)52(68)59(9)47(33(3)4)49(65)57-43-29-37-16-13-18-41(56-37)36-20-21-44-39(28-36)40(48(61(44)12-2)38-17-14-24-55-46(38)34(5)69-10)30-53(7,8)31-70-51(67)42-19-15-25-63(58-42)50(43)66/h11,13-14,16-18,20-21,24,28,33-35,42-43,47,58H,1,12,15,19,22-23,25-27,29-32H2,2-10H3,(H,57,65)/t34-,35-,42-,43-,47-/m0/s1. The molecule has 7 heterocycles. The minimum atomic E-state index is -1.12. The van der Waals surface area contributed by atoms with Gasteiger partial charge in [0, 0.05) is 86.1 Å². The Labute approximate surface area is 417 Å². The van der Waals surface area contributed by atoms with Gasteiger partial charge >= 0.3 is 12.0 Å². The first-order valence-electron chi connectivity index (χ1n) is 25.1. The minimum absolute atomic E-state index is 0.0332. The fraction of sp³-hybridized carbons (Fsp3) is 0.537. The Hall–Kier alpha value is -6.17. The van der Waals surface area contributed by atoms with E-state index in [1.165, 1.54) is 16.0 Å². The van der Waals surface area contributed by atoms with Crippen LogP contribution < -0.4 is 10.7 Å². The molecule has 6 bridgehead atoms. The van der Waals surface area contributed by atoms with E-state index in [0.717, 1.165) is 39.0 Å². The highest BCUT2D eigenvalue weighted by atomic mass is 16.5. The van der Waals surface area contributed by atoms with Crippen LogP contribution in [-0.2, 0) is 52.8 Å². The van der Waals surface area contributed by atoms with E-state index in [2.05, 4.69) is 66.9 Å². The third-order valence-electron chi connectivity index (χ3n) is 15.1. The topological polar surface area (TPSA) is 181 Å². The summed E-state index contributed by atoms with van der Waals surface area (Å²) >= 11 is 0. The van der Waals surface area contributed by atoms with Gasteiger partial charge in [0.25, 0.3) is 5.91 Å². The molecule has 3 fully saturated rings. The number of hydrazine groups is 1. The van der Waals surface area contributed by atoms with Crippen LogP contribution in [0, 0.1) is 11.3 Å². The van der Waals surface area contributed by atoms with E-state index in [0.29, 0.717) is 69.7 Å². The average molecular weight is 974 g/mol. The number of carbonyl (C=O) groups excluding carboxylic acids is 5. The molecule has 17 heteroatoms. The summed E-state index contributed by atoms with van der Waals surface area (Å²) in [5, 5.41) is 5.51. The zero-order valence-corrected chi connectivity index (χ0v) is 42.8. The minimum Gasteiger partial charge on any atom is -0.464 e. The summed E-state index contributed by atoms with van der Waals surface area (Å²) in [5.74, 6) is -1.92. The van der Waals surface area contributed by atoms with Crippen LogP contribution in [0.4, 0.5) is 4.79 Å². The quantitative estimate of drug-likeness (QED) is 0.139. The Morgan fingerprint density at radius 1 is 1.07 bits per heavy atom. The first-order chi connectivity index (χ1) is 33.9. The number of nitrogens with one attached hydrogen (secondary N) is 2. The molecule has 4 aliphatic rings. The van der Waals surface area contributed by atoms with Crippen LogP contribution in [0.2, 0.25) is 0 Å². The van der Waals surface area contributed by atoms with Gasteiger partial charge in [-0.05, 0) is 107 Å². The number of hydrogen-bond acceptors (Lipinski definition) is 11. The molecule has 4 aliphatic heterocycles. The molecule has 0 unspecified atom stereocenters. The number of likely N-dealkylation sites (tertiary alicyclic amines) is 1. The molecule has 1 aromatic carbocycles. The van der Waals surface area contributed by atoms with Crippen molar-refractivity contribution in [3.05, 3.63) is 84.3 Å². The molecule has 0 saturated carbocycles. The molecule has 71 heavy (non-hydrogen) atoms. The van der Waals surface area contributed by atoms with Gasteiger partial charge in [-0.25, -0.2) is 10.2 Å². The highest BCUT2D eigenvalue weighted by molar-refractivity contribution is 5.96. The van der Waals surface area contributed by atoms with Crippen molar-refractivity contribution in [2.75, 3.05) is 47.1 Å². The second-order valence-corrected chi connectivity index (χ2v) is 20.8. The normalized spacial score (nSPS) is 22.2. The molecule has 0 aliphatic carbocycles. The molecule has 4 aromatic rings. The van der Waals surface area contributed by atoms with Gasteiger partial charge in [-0.3, -0.25) is 34.2 Å². The maximum atomic E-state index is 14.8. The van der Waals surface area contributed by atoms with E-state index in [-0.39, 0.29) is 49.8 Å². The van der Waals surface area contributed by atoms with E-state index in [1.54, 1.807) is 30.2 Å². The van der Waals surface area contributed by atoms with Gasteiger partial charge in [0.1, 0.15) is 24.9 Å². The molecule has 3 aromatic heterocycles. The average Bonchev–Trinajstić information content (AvgIpc) is 3.85. The van der Waals surface area contributed by atoms with Gasteiger partial charge in [-0.1, -0.05) is 46.4 Å². The van der Waals surface area contributed by atoms with Crippen molar-refractivity contribution in [3.8, 4) is 22.5 Å². The summed E-state index contributed by atoms with van der Waals surface area (Å²) in [6.45, 7) is 19.7. The van der Waals surface area contributed by atoms with Crippen molar-refractivity contribution in [1.82, 2.24) is 45.0 Å². The fourth-order valence-electron chi connectivity index (χ4n) is 11.1. The number of benzene rings is 1. The number of ether oxygens (including phenoxy) is 3. The van der Waals surface area contributed by atoms with Crippen molar-refractivity contribution < 1.29 is 38.2 Å².